The Labute approximate surface area is 159 Å². The molecule has 0 aliphatic carbocycles. The van der Waals surface area contributed by atoms with Gasteiger partial charge in [-0.15, -0.1) is 0 Å². The topological polar surface area (TPSA) is 0 Å². The number of halogens is 1. The van der Waals surface area contributed by atoms with Crippen LogP contribution in [0.2, 0.25) is 0 Å². The van der Waals surface area contributed by atoms with E-state index < -0.39 is 5.98 Å². The first-order valence-corrected chi connectivity index (χ1v) is 13.8. The molecule has 121 valence electrons. The average Bonchev–Trinajstić information content (AvgIpc) is 2.63. The van der Waals surface area contributed by atoms with E-state index in [4.69, 9.17) is 11.2 Å². The van der Waals surface area contributed by atoms with E-state index in [1.54, 1.807) is 0 Å². The fraction of sp³-hybridized carbons (Fsp3) is 0. The molecule has 0 aliphatic heterocycles. The first-order chi connectivity index (χ1) is 10.7. The molecule has 0 heterocycles. The Kier molecular flexibility index (Phi) is 6.53. The summed E-state index contributed by atoms with van der Waals surface area (Å²) in [5.41, 5.74) is 0. The molecule has 1 radical (unpaired) electrons. The number of hydrogen-bond donors (Lipinski definition) is 0. The second-order valence-electron chi connectivity index (χ2n) is 5.28. The molecule has 0 fully saturated rings. The van der Waals surface area contributed by atoms with Crippen LogP contribution in [0.25, 0.3) is 0 Å². The smallest absolute Gasteiger partial charge is 0 e. The van der Waals surface area contributed by atoms with E-state index in [9.17, 15) is 0 Å². The summed E-state index contributed by atoms with van der Waals surface area (Å²) in [6.07, 6.45) is 0. The van der Waals surface area contributed by atoms with Gasteiger partial charge in [-0.25, -0.2) is 0 Å². The first-order valence-electron chi connectivity index (χ1n) is 7.07. The van der Waals surface area contributed by atoms with Gasteiger partial charge in [-0.2, -0.15) is 0 Å². The van der Waals surface area contributed by atoms with Crippen LogP contribution < -0.4 is 15.9 Å². The summed E-state index contributed by atoms with van der Waals surface area (Å²) in [5, 5.41) is 3.93. The summed E-state index contributed by atoms with van der Waals surface area (Å²) in [6, 6.07) is 32.0. The van der Waals surface area contributed by atoms with Gasteiger partial charge in [0.1, 0.15) is 0 Å². The third-order valence-electron chi connectivity index (χ3n) is 4.05. The van der Waals surface area contributed by atoms with E-state index in [0.29, 0.717) is 0 Å². The largest absolute Gasteiger partial charge is 0 e. The Hall–Kier alpha value is -0.137. The van der Waals surface area contributed by atoms with E-state index in [2.05, 4.69) is 99.9 Å². The Morgan fingerprint density at radius 1 is 0.609 bits per heavy atom. The molecule has 2 atom stereocenters. The van der Waals surface area contributed by atoms with Crippen LogP contribution in [0.5, 0.6) is 0 Å². The van der Waals surface area contributed by atoms with Gasteiger partial charge < -0.3 is 0 Å². The molecule has 0 amide bonds. The van der Waals surface area contributed by atoms with Crippen molar-refractivity contribution in [2.75, 3.05) is 0 Å². The van der Waals surface area contributed by atoms with Gasteiger partial charge in [-0.1, -0.05) is 0 Å². The van der Waals surface area contributed by atoms with Gasteiger partial charge >= 0.3 is 141 Å². The van der Waals surface area contributed by atoms with Crippen molar-refractivity contribution >= 4 is 49.7 Å². The summed E-state index contributed by atoms with van der Waals surface area (Å²) >= 11 is 6.73. The zero-order valence-corrected chi connectivity index (χ0v) is 17.8. The monoisotopic (exact) mass is 465 g/mol. The van der Waals surface area contributed by atoms with Crippen molar-refractivity contribution in [3.8, 4) is 0 Å². The molecule has 0 bridgehead atoms. The van der Waals surface area contributed by atoms with Crippen LogP contribution in [0.1, 0.15) is 0 Å². The molecule has 0 nitrogen and oxygen atoms in total. The summed E-state index contributed by atoms with van der Waals surface area (Å²) in [7, 11) is 3.47. The Morgan fingerprint density at radius 2 is 0.870 bits per heavy atom. The summed E-state index contributed by atoms with van der Waals surface area (Å²) in [4.78, 5) is 0. The quantitative estimate of drug-likeness (QED) is 0.374. The van der Waals surface area contributed by atoms with Crippen LogP contribution in [0.15, 0.2) is 91.0 Å². The predicted molar refractivity (Wildman–Crippen MR) is 109 cm³/mol. The van der Waals surface area contributed by atoms with Crippen LogP contribution in [-0.4, -0.2) is 0 Å². The van der Waals surface area contributed by atoms with Crippen molar-refractivity contribution in [2.24, 2.45) is 0 Å². The van der Waals surface area contributed by atoms with Gasteiger partial charge in [-0.05, 0) is 0 Å². The van der Waals surface area contributed by atoms with Crippen LogP contribution in [0, 0.1) is 0 Å². The maximum Gasteiger partial charge on any atom is 0 e. The molecule has 5 heteroatoms. The van der Waals surface area contributed by atoms with Crippen LogP contribution >= 0.6 is 33.8 Å². The molecule has 3 aromatic rings. The molecular weight excluding hydrogens is 447 g/mol. The van der Waals surface area contributed by atoms with Gasteiger partial charge in [0.15, 0.2) is 0 Å². The molecule has 0 aromatic heterocycles. The van der Waals surface area contributed by atoms with E-state index in [1.807, 2.05) is 0 Å². The van der Waals surface area contributed by atoms with Crippen LogP contribution in [0.4, 0.5) is 0 Å². The SMILES string of the molecule is PP(PCl)(c1ccccc1)(c1ccccc1)c1ccccc1.[Rh]. The van der Waals surface area contributed by atoms with Crippen molar-refractivity contribution in [2.45, 2.75) is 0 Å². The molecule has 0 saturated heterocycles. The Morgan fingerprint density at radius 3 is 1.09 bits per heavy atom. The summed E-state index contributed by atoms with van der Waals surface area (Å²) in [5.74, 6) is -2.69. The number of rotatable bonds is 4. The van der Waals surface area contributed by atoms with E-state index in [1.165, 1.54) is 15.9 Å². The third-order valence-corrected chi connectivity index (χ3v) is 20.4. The van der Waals surface area contributed by atoms with Gasteiger partial charge in [-0.3, -0.25) is 0 Å². The molecule has 0 N–H and O–H groups in total. The van der Waals surface area contributed by atoms with Crippen molar-refractivity contribution in [3.05, 3.63) is 91.0 Å². The normalized spacial score (nSPS) is 13.2. The molecule has 2 unspecified atom stereocenters. The molecule has 3 aromatic carbocycles. The molecule has 0 spiro atoms. The second-order valence-corrected chi connectivity index (χ2v) is 18.8. The minimum absolute atomic E-state index is 0. The predicted octanol–water partition coefficient (Wildman–Crippen LogP) is 5.05. The van der Waals surface area contributed by atoms with Crippen LogP contribution in [0.3, 0.4) is 0 Å². The maximum atomic E-state index is 6.73. The summed E-state index contributed by atoms with van der Waals surface area (Å²) in [6.45, 7) is 0. The molecule has 0 aliphatic rings. The summed E-state index contributed by atoms with van der Waals surface area (Å²) < 4.78 is 0. The zero-order valence-electron chi connectivity index (χ0n) is 12.4. The van der Waals surface area contributed by atoms with E-state index in [0.717, 1.165) is 0 Å². The number of hydrogen-bond acceptors (Lipinski definition) is 0. The zero-order chi connectivity index (χ0) is 15.5. The van der Waals surface area contributed by atoms with Gasteiger partial charge in [0.05, 0.1) is 0 Å². The van der Waals surface area contributed by atoms with Crippen molar-refractivity contribution < 1.29 is 19.5 Å². The van der Waals surface area contributed by atoms with Crippen molar-refractivity contribution in [3.63, 3.8) is 0 Å². The van der Waals surface area contributed by atoms with Crippen LogP contribution in [-0.2, 0) is 19.5 Å². The molecule has 23 heavy (non-hydrogen) atoms. The molecule has 0 saturated carbocycles. The fourth-order valence-corrected chi connectivity index (χ4v) is 12.8. The molecule has 3 rings (SSSR count). The number of benzene rings is 3. The van der Waals surface area contributed by atoms with E-state index >= 15 is 0 Å². The maximum absolute atomic E-state index is 6.73. The minimum atomic E-state index is -2.69. The Balaban J connectivity index is 0.00000192. The average molecular weight is 466 g/mol. The van der Waals surface area contributed by atoms with Crippen molar-refractivity contribution in [1.29, 1.82) is 0 Å². The van der Waals surface area contributed by atoms with Gasteiger partial charge in [0, 0.05) is 19.5 Å². The third kappa shape index (κ3) is 3.21. The second kappa shape index (κ2) is 7.83. The fourth-order valence-electron chi connectivity index (χ4n) is 2.81. The molecular formula is C18H18ClP3Rh. The Bertz CT molecular complexity index is 652. The van der Waals surface area contributed by atoms with Gasteiger partial charge in [0.2, 0.25) is 0 Å². The standard InChI is InChI=1S/C18H18ClP3.Rh/c19-21-22(20,16-10-4-1-5-11-16,17-12-6-2-7-13-17)18-14-8-3-9-15-18;/h1-15,21H,20H2;. The van der Waals surface area contributed by atoms with Gasteiger partial charge in [0.25, 0.3) is 0 Å². The van der Waals surface area contributed by atoms with Crippen molar-refractivity contribution in [1.82, 2.24) is 0 Å². The minimum Gasteiger partial charge on any atom is 0 e. The first kappa shape index (κ1) is 19.2. The van der Waals surface area contributed by atoms with E-state index in [-0.39, 0.29) is 27.1 Å².